The lowest BCUT2D eigenvalue weighted by atomic mass is 9.85. The van der Waals surface area contributed by atoms with Crippen molar-refractivity contribution in [2.24, 2.45) is 11.1 Å². The van der Waals surface area contributed by atoms with Crippen LogP contribution in [-0.2, 0) is 20.0 Å². The minimum absolute atomic E-state index is 0.0410. The Kier molecular flexibility index (Phi) is 7.11. The number of imide groups is 1. The number of oxime groups is 1. The van der Waals surface area contributed by atoms with Crippen molar-refractivity contribution in [3.05, 3.63) is 68.4 Å². The van der Waals surface area contributed by atoms with Crippen LogP contribution in [0.1, 0.15) is 53.2 Å². The second-order valence-corrected chi connectivity index (χ2v) is 9.73. The molecule has 1 fully saturated rings. The Bertz CT molecular complexity index is 1320. The number of benzene rings is 2. The molecule has 0 spiro atoms. The van der Waals surface area contributed by atoms with Gasteiger partial charge in [-0.1, -0.05) is 40.5 Å². The van der Waals surface area contributed by atoms with Crippen LogP contribution in [0.3, 0.4) is 0 Å². The summed E-state index contributed by atoms with van der Waals surface area (Å²) >= 11 is 11.5. The van der Waals surface area contributed by atoms with Crippen LogP contribution in [-0.4, -0.2) is 40.9 Å². The molecule has 1 unspecified atom stereocenters. The van der Waals surface area contributed by atoms with E-state index < -0.39 is 51.4 Å². The van der Waals surface area contributed by atoms with Crippen molar-refractivity contribution in [1.29, 1.82) is 0 Å². The van der Waals surface area contributed by atoms with Gasteiger partial charge in [-0.05, 0) is 43.2 Å². The number of hydrogen-bond acceptors (Lipinski definition) is 5. The minimum Gasteiger partial charge on any atom is -0.374 e. The van der Waals surface area contributed by atoms with Crippen molar-refractivity contribution >= 4 is 46.5 Å². The third-order valence-electron chi connectivity index (χ3n) is 6.58. The Balaban J connectivity index is 1.57. The third-order valence-corrected chi connectivity index (χ3v) is 7.13. The van der Waals surface area contributed by atoms with Crippen molar-refractivity contribution < 1.29 is 36.8 Å². The summed E-state index contributed by atoms with van der Waals surface area (Å²) < 4.78 is 56.5. The summed E-state index contributed by atoms with van der Waals surface area (Å²) in [4.78, 5) is 43.2. The zero-order chi connectivity index (χ0) is 27.3. The average Bonchev–Trinajstić information content (AvgIpc) is 3.39. The molecule has 2 aliphatic heterocycles. The van der Waals surface area contributed by atoms with E-state index in [1.165, 1.54) is 18.2 Å². The van der Waals surface area contributed by atoms with Crippen LogP contribution >= 0.6 is 23.2 Å². The molecule has 2 aliphatic rings. The van der Waals surface area contributed by atoms with Crippen LogP contribution in [0, 0.1) is 18.7 Å². The van der Waals surface area contributed by atoms with Gasteiger partial charge in [-0.25, -0.2) is 4.39 Å². The lowest BCUT2D eigenvalue weighted by Crippen LogP contribution is -2.42. The number of Topliss-reactive ketones (excluding diaryl/α,β-unsaturated/α-hetero) is 1. The van der Waals surface area contributed by atoms with Gasteiger partial charge in [0.25, 0.3) is 5.60 Å². The first-order valence-corrected chi connectivity index (χ1v) is 12.0. The largest absolute Gasteiger partial charge is 0.435 e. The standard InChI is InChI=1S/C25H20Cl2F4N2O4/c1-3-33-21(35)8-14(23(33)36)7-20(34)16-5-4-13(6-12(16)2)19-11-24(37-32-19,25(29,30)31)15-9-17(26)22(28)18(27)10-15/h4-6,9-10,14H,3,7-8,11H2,1-2H3/t14-,24?/m1/s1. The molecule has 2 aromatic carbocycles. The highest BCUT2D eigenvalue weighted by atomic mass is 35.5. The molecule has 2 atom stereocenters. The van der Waals surface area contributed by atoms with Gasteiger partial charge >= 0.3 is 6.18 Å². The predicted molar refractivity (Wildman–Crippen MR) is 127 cm³/mol. The van der Waals surface area contributed by atoms with Crippen LogP contribution in [0.5, 0.6) is 0 Å². The predicted octanol–water partition coefficient (Wildman–Crippen LogP) is 5.99. The highest BCUT2D eigenvalue weighted by Gasteiger charge is 2.62. The maximum atomic E-state index is 14.2. The fourth-order valence-electron chi connectivity index (χ4n) is 4.58. The molecule has 0 radical (unpaired) electrons. The summed E-state index contributed by atoms with van der Waals surface area (Å²) in [5.41, 5.74) is -2.48. The maximum absolute atomic E-state index is 14.2. The van der Waals surface area contributed by atoms with Gasteiger partial charge in [0.1, 0.15) is 0 Å². The molecular formula is C25H20Cl2F4N2O4. The van der Waals surface area contributed by atoms with Crippen LogP contribution in [0.4, 0.5) is 17.6 Å². The Morgan fingerprint density at radius 2 is 1.84 bits per heavy atom. The Hall–Kier alpha value is -2.98. The van der Waals surface area contributed by atoms with E-state index in [1.807, 2.05) is 0 Å². The number of likely N-dealkylation sites (tertiary alicyclic amines) is 1. The average molecular weight is 559 g/mol. The van der Waals surface area contributed by atoms with Crippen LogP contribution in [0.15, 0.2) is 35.5 Å². The molecule has 6 nitrogen and oxygen atoms in total. The van der Waals surface area contributed by atoms with Gasteiger partial charge in [0, 0.05) is 36.9 Å². The van der Waals surface area contributed by atoms with Crippen LogP contribution < -0.4 is 0 Å². The van der Waals surface area contributed by atoms with Gasteiger partial charge in [0.05, 0.1) is 21.7 Å². The zero-order valence-corrected chi connectivity index (χ0v) is 21.1. The molecule has 2 amide bonds. The monoisotopic (exact) mass is 558 g/mol. The van der Waals surface area contributed by atoms with E-state index in [-0.39, 0.29) is 47.9 Å². The molecule has 12 heteroatoms. The molecule has 0 saturated carbocycles. The first-order valence-electron chi connectivity index (χ1n) is 11.2. The van der Waals surface area contributed by atoms with E-state index in [1.54, 1.807) is 13.8 Å². The number of alkyl halides is 3. The summed E-state index contributed by atoms with van der Waals surface area (Å²) in [5.74, 6) is -2.87. The van der Waals surface area contributed by atoms with Gasteiger partial charge in [0.2, 0.25) is 11.8 Å². The van der Waals surface area contributed by atoms with E-state index >= 15 is 0 Å². The number of aryl methyl sites for hydroxylation is 1. The highest BCUT2D eigenvalue weighted by molar-refractivity contribution is 6.35. The molecule has 2 aromatic rings. The smallest absolute Gasteiger partial charge is 0.374 e. The summed E-state index contributed by atoms with van der Waals surface area (Å²) in [6.07, 6.45) is -5.90. The minimum atomic E-state index is -4.95. The second-order valence-electron chi connectivity index (χ2n) is 8.92. The fourth-order valence-corrected chi connectivity index (χ4v) is 5.07. The number of nitrogens with zero attached hydrogens (tertiary/aromatic N) is 2. The van der Waals surface area contributed by atoms with Crippen LogP contribution in [0.2, 0.25) is 10.0 Å². The van der Waals surface area contributed by atoms with Gasteiger partial charge in [-0.2, -0.15) is 13.2 Å². The van der Waals surface area contributed by atoms with Gasteiger partial charge in [-0.3, -0.25) is 19.3 Å². The lowest BCUT2D eigenvalue weighted by Gasteiger charge is -2.29. The number of hydrogen-bond donors (Lipinski definition) is 0. The fraction of sp³-hybridized carbons (Fsp3) is 0.360. The molecule has 1 saturated heterocycles. The number of carbonyl (C=O) groups excluding carboxylic acids is 3. The van der Waals surface area contributed by atoms with E-state index in [0.29, 0.717) is 5.56 Å². The van der Waals surface area contributed by atoms with Gasteiger partial charge < -0.3 is 4.84 Å². The third kappa shape index (κ3) is 4.72. The van der Waals surface area contributed by atoms with Crippen LogP contribution in [0.25, 0.3) is 0 Å². The Morgan fingerprint density at radius 1 is 1.19 bits per heavy atom. The van der Waals surface area contributed by atoms with Crippen molar-refractivity contribution in [1.82, 2.24) is 4.90 Å². The molecule has 0 N–H and O–H groups in total. The van der Waals surface area contributed by atoms with E-state index in [9.17, 15) is 31.9 Å². The Labute approximate surface area is 219 Å². The summed E-state index contributed by atoms with van der Waals surface area (Å²) in [5, 5.41) is 2.48. The number of carbonyl (C=O) groups is 3. The quantitative estimate of drug-likeness (QED) is 0.189. The van der Waals surface area contributed by atoms with Crippen molar-refractivity contribution in [2.75, 3.05) is 6.54 Å². The second kappa shape index (κ2) is 9.72. The normalized spacial score (nSPS) is 21.9. The Morgan fingerprint density at radius 3 is 2.38 bits per heavy atom. The van der Waals surface area contributed by atoms with Crippen molar-refractivity contribution in [3.63, 3.8) is 0 Å². The topological polar surface area (TPSA) is 76.0 Å². The molecule has 196 valence electrons. The highest BCUT2D eigenvalue weighted by Crippen LogP contribution is 2.50. The first-order chi connectivity index (χ1) is 17.3. The zero-order valence-electron chi connectivity index (χ0n) is 19.6. The van der Waals surface area contributed by atoms with Gasteiger partial charge in [-0.15, -0.1) is 0 Å². The lowest BCUT2D eigenvalue weighted by molar-refractivity contribution is -0.275. The summed E-state index contributed by atoms with van der Waals surface area (Å²) in [6, 6.07) is 5.96. The number of halogens is 6. The van der Waals surface area contributed by atoms with Crippen molar-refractivity contribution in [3.8, 4) is 0 Å². The number of ketones is 1. The molecule has 4 rings (SSSR count). The molecule has 2 heterocycles. The summed E-state index contributed by atoms with van der Waals surface area (Å²) in [7, 11) is 0. The molecule has 37 heavy (non-hydrogen) atoms. The van der Waals surface area contributed by atoms with E-state index in [0.717, 1.165) is 17.0 Å². The number of amides is 2. The molecule has 0 aliphatic carbocycles. The van der Waals surface area contributed by atoms with E-state index in [4.69, 9.17) is 28.0 Å². The maximum Gasteiger partial charge on any atom is 0.435 e. The van der Waals surface area contributed by atoms with Crippen molar-refractivity contribution in [2.45, 2.75) is 44.9 Å². The van der Waals surface area contributed by atoms with Gasteiger partial charge in [0.15, 0.2) is 11.6 Å². The summed E-state index contributed by atoms with van der Waals surface area (Å²) in [6.45, 7) is 3.50. The first kappa shape index (κ1) is 27.1. The molecule has 0 aromatic heterocycles. The molecular weight excluding hydrogens is 539 g/mol. The number of rotatable bonds is 6. The molecule has 0 bridgehead atoms. The SMILES string of the molecule is CCN1C(=O)C[C@@H](CC(=O)c2ccc(C3=NOC(c4cc(Cl)c(F)c(Cl)c4)(C(F)(F)F)C3)cc2C)C1=O. The van der Waals surface area contributed by atoms with E-state index in [2.05, 4.69) is 5.16 Å².